The summed E-state index contributed by atoms with van der Waals surface area (Å²) in [5, 5.41) is 8.07. The number of hydrogen-bond acceptors (Lipinski definition) is 7. The topological polar surface area (TPSA) is 92.1 Å². The predicted octanol–water partition coefficient (Wildman–Crippen LogP) is 2.43. The second-order valence-corrected chi connectivity index (χ2v) is 8.22. The Kier molecular flexibility index (Phi) is 5.02. The molecule has 0 bridgehead atoms. The largest absolute Gasteiger partial charge is 0.353 e. The van der Waals surface area contributed by atoms with Gasteiger partial charge in [0, 0.05) is 61.3 Å². The molecule has 1 aliphatic rings. The van der Waals surface area contributed by atoms with Crippen LogP contribution in [0.2, 0.25) is 0 Å². The van der Waals surface area contributed by atoms with Crippen LogP contribution in [0, 0.1) is 0 Å². The Morgan fingerprint density at radius 2 is 1.88 bits per heavy atom. The maximum atomic E-state index is 12.7. The molecule has 0 unspecified atom stereocenters. The van der Waals surface area contributed by atoms with Gasteiger partial charge in [-0.2, -0.15) is 10.1 Å². The Morgan fingerprint density at radius 3 is 2.56 bits per heavy atom. The fourth-order valence-corrected chi connectivity index (χ4v) is 3.79. The minimum atomic E-state index is -0.268. The van der Waals surface area contributed by atoms with Crippen LogP contribution < -0.4 is 10.2 Å². The first-order valence-electron chi connectivity index (χ1n) is 10.4. The second kappa shape index (κ2) is 8.01. The third-order valence-electron chi connectivity index (χ3n) is 5.77. The maximum absolute atomic E-state index is 12.7. The number of anilines is 2. The Hall–Kier alpha value is -3.85. The van der Waals surface area contributed by atoms with Crippen molar-refractivity contribution in [2.24, 2.45) is 7.05 Å². The lowest BCUT2D eigenvalue weighted by atomic mass is 10.0. The highest BCUT2D eigenvalue weighted by molar-refractivity contribution is 6.04. The molecule has 4 heterocycles. The van der Waals surface area contributed by atoms with Gasteiger partial charge in [0.2, 0.25) is 5.95 Å². The van der Waals surface area contributed by atoms with Gasteiger partial charge in [0.1, 0.15) is 5.82 Å². The number of fused-ring (bicyclic) bond motifs is 1. The first kappa shape index (κ1) is 20.1. The summed E-state index contributed by atoms with van der Waals surface area (Å²) in [5.41, 5.74) is 3.30. The number of benzene rings is 1. The molecule has 1 fully saturated rings. The van der Waals surface area contributed by atoms with Crippen molar-refractivity contribution in [2.45, 2.75) is 6.04 Å². The van der Waals surface area contributed by atoms with Crippen LogP contribution in [0.4, 0.5) is 11.8 Å². The standard InChI is InChI=1S/C23H24N8O/c1-29(2)18-13-31(14-18)21-19-5-4-16(17-11-25-30(3)12-17)10-20(19)26-23(27-21)28-22(32)15-6-8-24-9-7-15/h4-12,18H,13-14H2,1-3H3,(H,26,27,28,32). The van der Waals surface area contributed by atoms with E-state index in [1.807, 2.05) is 31.6 Å². The lowest BCUT2D eigenvalue weighted by molar-refractivity contribution is 0.102. The van der Waals surface area contributed by atoms with Gasteiger partial charge in [-0.15, -0.1) is 0 Å². The van der Waals surface area contributed by atoms with E-state index < -0.39 is 0 Å². The number of nitrogens with zero attached hydrogens (tertiary/aromatic N) is 7. The summed E-state index contributed by atoms with van der Waals surface area (Å²) in [4.78, 5) is 30.5. The van der Waals surface area contributed by atoms with E-state index in [2.05, 4.69) is 50.3 Å². The molecule has 162 valence electrons. The molecule has 9 nitrogen and oxygen atoms in total. The highest BCUT2D eigenvalue weighted by Gasteiger charge is 2.31. The third kappa shape index (κ3) is 3.78. The fraction of sp³-hybridized carbons (Fsp3) is 0.261. The van der Waals surface area contributed by atoms with E-state index in [0.717, 1.165) is 40.9 Å². The second-order valence-electron chi connectivity index (χ2n) is 8.22. The number of aryl methyl sites for hydroxylation is 1. The van der Waals surface area contributed by atoms with E-state index >= 15 is 0 Å². The third-order valence-corrected chi connectivity index (χ3v) is 5.77. The summed E-state index contributed by atoms with van der Waals surface area (Å²) >= 11 is 0. The normalized spacial score (nSPS) is 14.1. The number of likely N-dealkylation sites (N-methyl/N-ethyl adjacent to an activating group) is 1. The first-order chi connectivity index (χ1) is 15.5. The summed E-state index contributed by atoms with van der Waals surface area (Å²) < 4.78 is 1.77. The zero-order valence-corrected chi connectivity index (χ0v) is 18.2. The molecule has 1 amide bonds. The lowest BCUT2D eigenvalue weighted by Gasteiger charge is -2.43. The van der Waals surface area contributed by atoms with E-state index in [0.29, 0.717) is 11.6 Å². The maximum Gasteiger partial charge on any atom is 0.258 e. The Labute approximate surface area is 185 Å². The number of amides is 1. The minimum absolute atomic E-state index is 0.268. The predicted molar refractivity (Wildman–Crippen MR) is 124 cm³/mol. The van der Waals surface area contributed by atoms with E-state index in [4.69, 9.17) is 4.98 Å². The molecule has 0 saturated carbocycles. The average molecular weight is 429 g/mol. The number of carbonyl (C=O) groups is 1. The molecule has 32 heavy (non-hydrogen) atoms. The van der Waals surface area contributed by atoms with Gasteiger partial charge in [-0.25, -0.2) is 4.98 Å². The van der Waals surface area contributed by atoms with E-state index in [1.54, 1.807) is 29.2 Å². The molecular formula is C23H24N8O. The molecule has 0 aliphatic carbocycles. The Bertz CT molecular complexity index is 1280. The van der Waals surface area contributed by atoms with Gasteiger partial charge in [0.05, 0.1) is 11.7 Å². The molecule has 9 heteroatoms. The first-order valence-corrected chi connectivity index (χ1v) is 10.4. The molecule has 1 saturated heterocycles. The van der Waals surface area contributed by atoms with Crippen molar-refractivity contribution < 1.29 is 4.79 Å². The Balaban J connectivity index is 1.54. The van der Waals surface area contributed by atoms with Crippen molar-refractivity contribution in [3.63, 3.8) is 0 Å². The van der Waals surface area contributed by atoms with Gasteiger partial charge in [0.15, 0.2) is 0 Å². The summed E-state index contributed by atoms with van der Waals surface area (Å²) in [7, 11) is 6.06. The van der Waals surface area contributed by atoms with Gasteiger partial charge in [-0.1, -0.05) is 6.07 Å². The van der Waals surface area contributed by atoms with Crippen molar-refractivity contribution >= 4 is 28.6 Å². The minimum Gasteiger partial charge on any atom is -0.353 e. The molecule has 1 aromatic carbocycles. The highest BCUT2D eigenvalue weighted by atomic mass is 16.1. The molecule has 5 rings (SSSR count). The van der Waals surface area contributed by atoms with E-state index in [9.17, 15) is 4.79 Å². The zero-order valence-electron chi connectivity index (χ0n) is 18.2. The number of aromatic nitrogens is 5. The number of nitrogens with one attached hydrogen (secondary N) is 1. The van der Waals surface area contributed by atoms with Gasteiger partial charge < -0.3 is 9.80 Å². The summed E-state index contributed by atoms with van der Waals surface area (Å²) in [6, 6.07) is 9.92. The van der Waals surface area contributed by atoms with Crippen LogP contribution in [-0.4, -0.2) is 68.8 Å². The van der Waals surface area contributed by atoms with Crippen molar-refractivity contribution in [1.29, 1.82) is 0 Å². The molecule has 0 radical (unpaired) electrons. The Morgan fingerprint density at radius 1 is 1.09 bits per heavy atom. The van der Waals surface area contributed by atoms with E-state index in [1.165, 1.54) is 0 Å². The zero-order chi connectivity index (χ0) is 22.2. The summed E-state index contributed by atoms with van der Waals surface area (Å²) in [6.07, 6.45) is 6.96. The van der Waals surface area contributed by atoms with Gasteiger partial charge in [-0.05, 0) is 43.9 Å². The van der Waals surface area contributed by atoms with Crippen molar-refractivity contribution in [1.82, 2.24) is 29.6 Å². The van der Waals surface area contributed by atoms with Gasteiger partial charge in [0.25, 0.3) is 5.91 Å². The van der Waals surface area contributed by atoms with Crippen molar-refractivity contribution in [2.75, 3.05) is 37.4 Å². The van der Waals surface area contributed by atoms with Gasteiger partial charge in [-0.3, -0.25) is 19.8 Å². The number of hydrogen-bond donors (Lipinski definition) is 1. The van der Waals surface area contributed by atoms with Crippen LogP contribution in [0.15, 0.2) is 55.1 Å². The molecule has 4 aromatic rings. The lowest BCUT2D eigenvalue weighted by Crippen LogP contribution is -2.57. The molecular weight excluding hydrogens is 404 g/mol. The van der Waals surface area contributed by atoms with Crippen LogP contribution in [0.5, 0.6) is 0 Å². The summed E-state index contributed by atoms with van der Waals surface area (Å²) in [6.45, 7) is 1.75. The number of rotatable bonds is 5. The highest BCUT2D eigenvalue weighted by Crippen LogP contribution is 2.32. The molecule has 0 atom stereocenters. The average Bonchev–Trinajstić information content (AvgIpc) is 3.19. The van der Waals surface area contributed by atoms with Crippen molar-refractivity contribution in [3.8, 4) is 11.1 Å². The molecule has 3 aromatic heterocycles. The number of pyridine rings is 1. The number of carbonyl (C=O) groups excluding carboxylic acids is 1. The van der Waals surface area contributed by atoms with E-state index in [-0.39, 0.29) is 11.9 Å². The smallest absolute Gasteiger partial charge is 0.258 e. The fourth-order valence-electron chi connectivity index (χ4n) is 3.79. The molecule has 1 aliphatic heterocycles. The van der Waals surface area contributed by atoms with Crippen LogP contribution in [0.1, 0.15) is 10.4 Å². The molecule has 1 N–H and O–H groups in total. The van der Waals surface area contributed by atoms with Crippen LogP contribution in [0.25, 0.3) is 22.0 Å². The monoisotopic (exact) mass is 428 g/mol. The van der Waals surface area contributed by atoms with Crippen molar-refractivity contribution in [3.05, 3.63) is 60.7 Å². The SMILES string of the molecule is CN(C)C1CN(c2nc(NC(=O)c3ccncc3)nc3cc(-c4cnn(C)c4)ccc23)C1. The van der Waals surface area contributed by atoms with Crippen LogP contribution in [-0.2, 0) is 7.05 Å². The quantitative estimate of drug-likeness (QED) is 0.522. The van der Waals surface area contributed by atoms with Crippen LogP contribution >= 0.6 is 0 Å². The van der Waals surface area contributed by atoms with Crippen LogP contribution in [0.3, 0.4) is 0 Å². The van der Waals surface area contributed by atoms with Gasteiger partial charge >= 0.3 is 0 Å². The summed E-state index contributed by atoms with van der Waals surface area (Å²) in [5.74, 6) is 0.845. The molecule has 0 spiro atoms.